The van der Waals surface area contributed by atoms with Crippen LogP contribution in [0.2, 0.25) is 0 Å². The molecule has 0 radical (unpaired) electrons. The normalized spacial score (nSPS) is 21.6. The fraction of sp³-hybridized carbons (Fsp3) is 0.682. The third-order valence-corrected chi connectivity index (χ3v) is 5.90. The van der Waals surface area contributed by atoms with Crippen LogP contribution in [0.25, 0.3) is 0 Å². The molecule has 0 amide bonds. The molecule has 164 valence electrons. The number of benzene rings is 1. The largest absolute Gasteiger partial charge is 0.497 e. The zero-order chi connectivity index (χ0) is 19.8. The van der Waals surface area contributed by atoms with Crippen molar-refractivity contribution in [3.63, 3.8) is 0 Å². The fourth-order valence-electron chi connectivity index (χ4n) is 4.26. The van der Waals surface area contributed by atoms with E-state index in [0.29, 0.717) is 12.0 Å². The molecule has 0 aliphatic carbocycles. The van der Waals surface area contributed by atoms with E-state index in [4.69, 9.17) is 9.73 Å². The van der Waals surface area contributed by atoms with Crippen molar-refractivity contribution in [2.75, 3.05) is 60.0 Å². The van der Waals surface area contributed by atoms with E-state index in [1.807, 2.05) is 0 Å². The first kappa shape index (κ1) is 24.2. The molecule has 2 aliphatic rings. The summed E-state index contributed by atoms with van der Waals surface area (Å²) < 4.78 is 5.33. The third kappa shape index (κ3) is 7.29. The Morgan fingerprint density at radius 3 is 2.48 bits per heavy atom. The number of rotatable bonds is 8. The minimum atomic E-state index is 0. The van der Waals surface area contributed by atoms with Crippen molar-refractivity contribution in [3.05, 3.63) is 29.8 Å². The predicted molar refractivity (Wildman–Crippen MR) is 132 cm³/mol. The first-order valence-electron chi connectivity index (χ1n) is 10.8. The van der Waals surface area contributed by atoms with Gasteiger partial charge in [-0.2, -0.15) is 0 Å². The van der Waals surface area contributed by atoms with Crippen LogP contribution in [-0.2, 0) is 0 Å². The molecule has 0 bridgehead atoms. The van der Waals surface area contributed by atoms with Crippen LogP contribution in [-0.4, -0.2) is 75.7 Å². The summed E-state index contributed by atoms with van der Waals surface area (Å²) in [6.07, 6.45) is 3.83. The smallest absolute Gasteiger partial charge is 0.191 e. The SMILES string of the molecule is CCNC(=NCC(c1ccc(OC)cc1)N1CCCC1)NCC1CCN(C)C1.I. The maximum Gasteiger partial charge on any atom is 0.191 e. The van der Waals surface area contributed by atoms with Crippen molar-refractivity contribution in [3.8, 4) is 5.75 Å². The number of guanidine groups is 1. The van der Waals surface area contributed by atoms with Gasteiger partial charge >= 0.3 is 0 Å². The number of hydrogen-bond acceptors (Lipinski definition) is 4. The predicted octanol–water partition coefficient (Wildman–Crippen LogP) is 2.96. The second-order valence-corrected chi connectivity index (χ2v) is 8.05. The van der Waals surface area contributed by atoms with Gasteiger partial charge in [0, 0.05) is 19.6 Å². The van der Waals surface area contributed by atoms with Gasteiger partial charge in [0.25, 0.3) is 0 Å². The summed E-state index contributed by atoms with van der Waals surface area (Å²) in [6.45, 7) is 9.47. The Hall–Kier alpha value is -1.06. The van der Waals surface area contributed by atoms with Crippen LogP contribution in [0.15, 0.2) is 29.3 Å². The van der Waals surface area contributed by atoms with Gasteiger partial charge in [0.05, 0.1) is 19.7 Å². The van der Waals surface area contributed by atoms with Crippen LogP contribution in [0, 0.1) is 5.92 Å². The van der Waals surface area contributed by atoms with Gasteiger partial charge < -0.3 is 20.3 Å². The maximum absolute atomic E-state index is 5.33. The molecule has 3 rings (SSSR count). The molecule has 2 aliphatic heterocycles. The van der Waals surface area contributed by atoms with Gasteiger partial charge in [0.2, 0.25) is 0 Å². The number of nitrogens with zero attached hydrogens (tertiary/aromatic N) is 3. The molecule has 29 heavy (non-hydrogen) atoms. The van der Waals surface area contributed by atoms with E-state index in [9.17, 15) is 0 Å². The Kier molecular flexibility index (Phi) is 10.5. The summed E-state index contributed by atoms with van der Waals surface area (Å²) in [5, 5.41) is 6.99. The van der Waals surface area contributed by atoms with Crippen molar-refractivity contribution >= 4 is 29.9 Å². The van der Waals surface area contributed by atoms with Gasteiger partial charge in [-0.25, -0.2) is 0 Å². The summed E-state index contributed by atoms with van der Waals surface area (Å²) in [4.78, 5) is 9.94. The molecular weight excluding hydrogens is 477 g/mol. The zero-order valence-corrected chi connectivity index (χ0v) is 20.5. The second kappa shape index (κ2) is 12.6. The Bertz CT molecular complexity index is 618. The topological polar surface area (TPSA) is 52.1 Å². The summed E-state index contributed by atoms with van der Waals surface area (Å²) in [6, 6.07) is 8.81. The number of hydrogen-bond donors (Lipinski definition) is 2. The second-order valence-electron chi connectivity index (χ2n) is 8.05. The van der Waals surface area contributed by atoms with Crippen LogP contribution >= 0.6 is 24.0 Å². The highest BCUT2D eigenvalue weighted by molar-refractivity contribution is 14.0. The van der Waals surface area contributed by atoms with E-state index in [1.54, 1.807) is 7.11 Å². The molecular formula is C22H38IN5O. The van der Waals surface area contributed by atoms with E-state index >= 15 is 0 Å². The standard InChI is InChI=1S/C22H37N5O.HI/c1-4-23-22(24-15-18-11-14-26(2)17-18)25-16-21(27-12-5-6-13-27)19-7-9-20(28-3)10-8-19;/h7-10,18,21H,4-6,11-17H2,1-3H3,(H2,23,24,25);1H. The highest BCUT2D eigenvalue weighted by Gasteiger charge is 2.24. The van der Waals surface area contributed by atoms with E-state index in [0.717, 1.165) is 44.4 Å². The van der Waals surface area contributed by atoms with Gasteiger partial charge in [-0.15, -0.1) is 24.0 Å². The lowest BCUT2D eigenvalue weighted by atomic mass is 10.1. The molecule has 0 aromatic heterocycles. The quantitative estimate of drug-likeness (QED) is 0.317. The molecule has 6 nitrogen and oxygen atoms in total. The number of aliphatic imine (C=N–C) groups is 1. The van der Waals surface area contributed by atoms with Crippen LogP contribution in [0.5, 0.6) is 5.75 Å². The summed E-state index contributed by atoms with van der Waals surface area (Å²) >= 11 is 0. The molecule has 1 aromatic rings. The van der Waals surface area contributed by atoms with Crippen LogP contribution in [0.3, 0.4) is 0 Å². The number of halogens is 1. The van der Waals surface area contributed by atoms with Crippen molar-refractivity contribution in [2.45, 2.75) is 32.2 Å². The first-order valence-corrected chi connectivity index (χ1v) is 10.8. The Morgan fingerprint density at radius 2 is 1.90 bits per heavy atom. The molecule has 0 saturated carbocycles. The summed E-state index contributed by atoms with van der Waals surface area (Å²) in [5.74, 6) is 2.56. The Balaban J connectivity index is 0.00000300. The van der Waals surface area contributed by atoms with Gasteiger partial charge in [0.1, 0.15) is 5.75 Å². The fourth-order valence-corrected chi connectivity index (χ4v) is 4.26. The molecule has 1 aromatic carbocycles. The molecule has 2 N–H and O–H groups in total. The minimum absolute atomic E-state index is 0. The molecule has 7 heteroatoms. The lowest BCUT2D eigenvalue weighted by molar-refractivity contribution is 0.251. The van der Waals surface area contributed by atoms with Crippen LogP contribution < -0.4 is 15.4 Å². The van der Waals surface area contributed by atoms with Crippen molar-refractivity contribution in [2.24, 2.45) is 10.9 Å². The molecule has 2 fully saturated rings. The molecule has 2 saturated heterocycles. The zero-order valence-electron chi connectivity index (χ0n) is 18.2. The average Bonchev–Trinajstić information content (AvgIpc) is 3.38. The Labute approximate surface area is 193 Å². The van der Waals surface area contributed by atoms with Crippen molar-refractivity contribution in [1.82, 2.24) is 20.4 Å². The third-order valence-electron chi connectivity index (χ3n) is 5.90. The summed E-state index contributed by atoms with van der Waals surface area (Å²) in [5.41, 5.74) is 1.32. The molecule has 0 spiro atoms. The van der Waals surface area contributed by atoms with Crippen LogP contribution in [0.1, 0.15) is 37.8 Å². The number of likely N-dealkylation sites (tertiary alicyclic amines) is 2. The highest BCUT2D eigenvalue weighted by atomic mass is 127. The van der Waals surface area contributed by atoms with Crippen molar-refractivity contribution < 1.29 is 4.74 Å². The monoisotopic (exact) mass is 515 g/mol. The van der Waals surface area contributed by atoms with E-state index < -0.39 is 0 Å². The highest BCUT2D eigenvalue weighted by Crippen LogP contribution is 2.27. The number of ether oxygens (including phenoxy) is 1. The van der Waals surface area contributed by atoms with E-state index in [1.165, 1.54) is 37.9 Å². The minimum Gasteiger partial charge on any atom is -0.497 e. The van der Waals surface area contributed by atoms with Gasteiger partial charge in [-0.05, 0) is 76.5 Å². The summed E-state index contributed by atoms with van der Waals surface area (Å²) in [7, 11) is 3.92. The first-order chi connectivity index (χ1) is 13.7. The maximum atomic E-state index is 5.33. The Morgan fingerprint density at radius 1 is 1.17 bits per heavy atom. The average molecular weight is 515 g/mol. The number of methoxy groups -OCH3 is 1. The lowest BCUT2D eigenvalue weighted by Gasteiger charge is -2.27. The molecule has 2 unspecified atom stereocenters. The van der Waals surface area contributed by atoms with E-state index in [2.05, 4.69) is 58.7 Å². The van der Waals surface area contributed by atoms with Crippen LogP contribution in [0.4, 0.5) is 0 Å². The number of nitrogens with one attached hydrogen (secondary N) is 2. The van der Waals surface area contributed by atoms with E-state index in [-0.39, 0.29) is 24.0 Å². The lowest BCUT2D eigenvalue weighted by Crippen LogP contribution is -2.41. The van der Waals surface area contributed by atoms with Gasteiger partial charge in [0.15, 0.2) is 5.96 Å². The van der Waals surface area contributed by atoms with Crippen molar-refractivity contribution in [1.29, 1.82) is 0 Å². The molecule has 2 heterocycles. The molecule has 2 atom stereocenters. The van der Waals surface area contributed by atoms with Gasteiger partial charge in [-0.1, -0.05) is 12.1 Å². The van der Waals surface area contributed by atoms with Gasteiger partial charge in [-0.3, -0.25) is 9.89 Å².